The normalized spacial score (nSPS) is 32.5. The van der Waals surface area contributed by atoms with Gasteiger partial charge in [0.05, 0.1) is 11.8 Å². The summed E-state index contributed by atoms with van der Waals surface area (Å²) in [5.41, 5.74) is 0. The van der Waals surface area contributed by atoms with Gasteiger partial charge >= 0.3 is 12.2 Å². The molecule has 2 saturated carbocycles. The van der Waals surface area contributed by atoms with Crippen molar-refractivity contribution in [3.05, 3.63) is 0 Å². The fourth-order valence-electron chi connectivity index (χ4n) is 4.80. The second kappa shape index (κ2) is 8.35. The van der Waals surface area contributed by atoms with Crippen molar-refractivity contribution in [1.82, 2.24) is 0 Å². The molecule has 2 aliphatic carbocycles. The largest absolute Gasteiger partial charge is 0.356 e. The van der Waals surface area contributed by atoms with Crippen LogP contribution in [0.2, 0.25) is 0 Å². The highest BCUT2D eigenvalue weighted by molar-refractivity contribution is 4.86. The molecular weight excluding hydrogens is 324 g/mol. The Hall–Kier alpha value is -0.360. The Morgan fingerprint density at radius 3 is 1.71 bits per heavy atom. The molecule has 142 valence electrons. The summed E-state index contributed by atoms with van der Waals surface area (Å²) in [5, 5.41) is 18.4. The van der Waals surface area contributed by atoms with E-state index in [1.807, 2.05) is 0 Å². The first-order chi connectivity index (χ1) is 11.2. The van der Waals surface area contributed by atoms with Crippen LogP contribution in [0.25, 0.3) is 0 Å². The lowest BCUT2D eigenvalue weighted by atomic mass is 9.69. The van der Waals surface area contributed by atoms with E-state index in [-0.39, 0.29) is 38.0 Å². The number of hydrogen-bond donors (Lipinski definition) is 2. The highest BCUT2D eigenvalue weighted by Gasteiger charge is 2.47. The van der Waals surface area contributed by atoms with Crippen LogP contribution < -0.4 is 0 Å². The minimum atomic E-state index is -3.76. The first-order valence-corrected chi connectivity index (χ1v) is 9.40. The van der Waals surface area contributed by atoms with Gasteiger partial charge in [-0.15, -0.1) is 0 Å². The Bertz CT molecular complexity index is 370. The molecule has 2 N–H and O–H groups in total. The molecule has 2 nitrogen and oxygen atoms in total. The maximum absolute atomic E-state index is 13.8. The maximum atomic E-state index is 13.8. The fourth-order valence-corrected chi connectivity index (χ4v) is 4.80. The van der Waals surface area contributed by atoms with E-state index >= 15 is 0 Å². The van der Waals surface area contributed by atoms with E-state index in [1.165, 1.54) is 0 Å². The van der Waals surface area contributed by atoms with Crippen molar-refractivity contribution in [3.63, 3.8) is 0 Å². The summed E-state index contributed by atoms with van der Waals surface area (Å²) in [6.07, 6.45) is -0.0537. The fraction of sp³-hybridized carbons (Fsp3) is 1.00. The minimum Gasteiger partial charge on any atom is -0.336 e. The SMILES string of the molecule is OC(F)(F)C1CCCC(C(O)(F)F)C(C2CCCCCCC2)CC1. The first kappa shape index (κ1) is 20.0. The van der Waals surface area contributed by atoms with Crippen molar-refractivity contribution in [2.45, 2.75) is 89.3 Å². The minimum absolute atomic E-state index is 0.0213. The Kier molecular flexibility index (Phi) is 6.94. The van der Waals surface area contributed by atoms with Gasteiger partial charge in [0.1, 0.15) is 0 Å². The zero-order valence-electron chi connectivity index (χ0n) is 14.2. The van der Waals surface area contributed by atoms with Gasteiger partial charge in [0, 0.05) is 0 Å². The van der Waals surface area contributed by atoms with Gasteiger partial charge in [-0.3, -0.25) is 0 Å². The van der Waals surface area contributed by atoms with Crippen molar-refractivity contribution in [1.29, 1.82) is 0 Å². The van der Waals surface area contributed by atoms with Gasteiger partial charge in [0.15, 0.2) is 0 Å². The van der Waals surface area contributed by atoms with E-state index in [2.05, 4.69) is 0 Å². The van der Waals surface area contributed by atoms with Crippen LogP contribution in [0.5, 0.6) is 0 Å². The van der Waals surface area contributed by atoms with Gasteiger partial charge in [-0.05, 0) is 37.5 Å². The maximum Gasteiger partial charge on any atom is 0.356 e. The first-order valence-electron chi connectivity index (χ1n) is 9.40. The van der Waals surface area contributed by atoms with Crippen molar-refractivity contribution in [3.8, 4) is 0 Å². The van der Waals surface area contributed by atoms with Crippen molar-refractivity contribution < 1.29 is 27.8 Å². The summed E-state index contributed by atoms with van der Waals surface area (Å²) in [7, 11) is 0. The molecule has 2 rings (SSSR count). The molecular formula is C18H30F4O2. The van der Waals surface area contributed by atoms with Crippen LogP contribution in [0.15, 0.2) is 0 Å². The molecule has 0 amide bonds. The third-order valence-electron chi connectivity index (χ3n) is 6.13. The van der Waals surface area contributed by atoms with E-state index < -0.39 is 30.0 Å². The van der Waals surface area contributed by atoms with Crippen molar-refractivity contribution in [2.75, 3.05) is 0 Å². The smallest absolute Gasteiger partial charge is 0.336 e. The topological polar surface area (TPSA) is 40.5 Å². The van der Waals surface area contributed by atoms with Crippen LogP contribution in [-0.4, -0.2) is 22.4 Å². The Balaban J connectivity index is 2.15. The lowest BCUT2D eigenvalue weighted by Crippen LogP contribution is -2.40. The summed E-state index contributed by atoms with van der Waals surface area (Å²) in [6.45, 7) is 0. The predicted octanol–water partition coefficient (Wildman–Crippen LogP) is 5.33. The summed E-state index contributed by atoms with van der Waals surface area (Å²) in [6, 6.07) is 0. The van der Waals surface area contributed by atoms with E-state index in [9.17, 15) is 22.7 Å². The van der Waals surface area contributed by atoms with Gasteiger partial charge in [0.25, 0.3) is 0 Å². The molecule has 0 aliphatic heterocycles. The van der Waals surface area contributed by atoms with E-state index in [0.29, 0.717) is 0 Å². The van der Waals surface area contributed by atoms with E-state index in [1.54, 1.807) is 0 Å². The van der Waals surface area contributed by atoms with Crippen molar-refractivity contribution in [2.24, 2.45) is 23.7 Å². The van der Waals surface area contributed by atoms with Crippen molar-refractivity contribution >= 4 is 0 Å². The molecule has 0 aromatic heterocycles. The third-order valence-corrected chi connectivity index (χ3v) is 6.13. The molecule has 0 spiro atoms. The second-order valence-electron chi connectivity index (χ2n) is 7.76. The number of rotatable bonds is 3. The zero-order chi connectivity index (χ0) is 17.8. The zero-order valence-corrected chi connectivity index (χ0v) is 14.2. The molecule has 0 heterocycles. The number of alkyl halides is 4. The second-order valence-corrected chi connectivity index (χ2v) is 7.76. The molecule has 3 atom stereocenters. The molecule has 0 saturated heterocycles. The number of hydrogen-bond acceptors (Lipinski definition) is 2. The Labute approximate surface area is 141 Å². The third kappa shape index (κ3) is 5.58. The van der Waals surface area contributed by atoms with Crippen LogP contribution >= 0.6 is 0 Å². The van der Waals surface area contributed by atoms with Crippen LogP contribution in [-0.2, 0) is 0 Å². The Morgan fingerprint density at radius 1 is 0.583 bits per heavy atom. The average molecular weight is 354 g/mol. The number of halogens is 4. The summed E-state index contributed by atoms with van der Waals surface area (Å²) < 4.78 is 54.2. The highest BCUT2D eigenvalue weighted by atomic mass is 19.3. The molecule has 0 radical (unpaired) electrons. The average Bonchev–Trinajstić information content (AvgIpc) is 2.36. The van der Waals surface area contributed by atoms with Gasteiger partial charge < -0.3 is 10.2 Å². The standard InChI is InChI=1S/C18H30F4O2/c19-17(20,23)14-9-6-10-16(18(21,22)24)15(12-11-14)13-7-4-2-1-3-5-8-13/h13-16,23-24H,1-12H2. The predicted molar refractivity (Wildman–Crippen MR) is 83.7 cm³/mol. The highest BCUT2D eigenvalue weighted by Crippen LogP contribution is 2.46. The molecule has 2 aliphatic rings. The van der Waals surface area contributed by atoms with E-state index in [0.717, 1.165) is 44.9 Å². The lowest BCUT2D eigenvalue weighted by Gasteiger charge is -2.39. The molecule has 6 heteroatoms. The molecule has 0 bridgehead atoms. The van der Waals surface area contributed by atoms with Crippen LogP contribution in [0.3, 0.4) is 0 Å². The van der Waals surface area contributed by atoms with E-state index in [4.69, 9.17) is 5.11 Å². The van der Waals surface area contributed by atoms with Gasteiger partial charge in [-0.25, -0.2) is 0 Å². The molecule has 3 unspecified atom stereocenters. The van der Waals surface area contributed by atoms with Crippen LogP contribution in [0.1, 0.15) is 77.0 Å². The summed E-state index contributed by atoms with van der Waals surface area (Å²) in [4.78, 5) is 0. The lowest BCUT2D eigenvalue weighted by molar-refractivity contribution is -0.263. The monoisotopic (exact) mass is 354 g/mol. The molecule has 0 aromatic rings. The molecule has 2 fully saturated rings. The number of aliphatic hydroxyl groups is 2. The quantitative estimate of drug-likeness (QED) is 0.673. The van der Waals surface area contributed by atoms with Gasteiger partial charge in [-0.1, -0.05) is 51.4 Å². The van der Waals surface area contributed by atoms with Crippen LogP contribution in [0.4, 0.5) is 17.6 Å². The summed E-state index contributed by atoms with van der Waals surface area (Å²) in [5.74, 6) is -2.72. The van der Waals surface area contributed by atoms with Crippen LogP contribution in [0, 0.1) is 23.7 Å². The molecule has 0 aromatic carbocycles. The van der Waals surface area contributed by atoms with Gasteiger partial charge in [0.2, 0.25) is 0 Å². The van der Waals surface area contributed by atoms with Gasteiger partial charge in [-0.2, -0.15) is 17.6 Å². The summed E-state index contributed by atoms with van der Waals surface area (Å²) >= 11 is 0. The Morgan fingerprint density at radius 2 is 1.17 bits per heavy atom. The molecule has 24 heavy (non-hydrogen) atoms.